The van der Waals surface area contributed by atoms with E-state index in [4.69, 9.17) is 5.73 Å². The van der Waals surface area contributed by atoms with Gasteiger partial charge in [-0.2, -0.15) is 0 Å². The summed E-state index contributed by atoms with van der Waals surface area (Å²) in [5.41, 5.74) is 4.52. The van der Waals surface area contributed by atoms with Crippen molar-refractivity contribution >= 4 is 6.21 Å². The summed E-state index contributed by atoms with van der Waals surface area (Å²) in [6.45, 7) is 0. The van der Waals surface area contributed by atoms with E-state index in [0.717, 1.165) is 12.1 Å². The zero-order chi connectivity index (χ0) is 11.8. The summed E-state index contributed by atoms with van der Waals surface area (Å²) >= 11 is 0. The van der Waals surface area contributed by atoms with Crippen molar-refractivity contribution in [1.29, 1.82) is 0 Å². The number of benzene rings is 1. The van der Waals surface area contributed by atoms with Gasteiger partial charge >= 0.3 is 0 Å². The molecular weight excluding hydrogens is 219 g/mol. The minimum absolute atomic E-state index is 0.0528. The Morgan fingerprint density at radius 1 is 1.19 bits per heavy atom. The Morgan fingerprint density at radius 2 is 1.81 bits per heavy atom. The first kappa shape index (κ1) is 10.7. The molecule has 84 valence electrons. The lowest BCUT2D eigenvalue weighted by Gasteiger charge is -2.27. The molecule has 1 aromatic carbocycles. The summed E-state index contributed by atoms with van der Waals surface area (Å²) in [5.74, 6) is -4.09. The second-order valence-corrected chi connectivity index (χ2v) is 3.36. The van der Waals surface area contributed by atoms with E-state index in [9.17, 15) is 13.2 Å². The van der Waals surface area contributed by atoms with Crippen LogP contribution in [-0.2, 0) is 5.66 Å². The quantitative estimate of drug-likeness (QED) is 0.712. The molecule has 1 aromatic rings. The number of hydrogen-bond acceptors (Lipinski definition) is 3. The summed E-state index contributed by atoms with van der Waals surface area (Å²) in [5, 5.41) is 2.68. The predicted octanol–water partition coefficient (Wildman–Crippen LogP) is 1.36. The molecule has 3 nitrogen and oxygen atoms in total. The molecule has 0 radical (unpaired) electrons. The largest absolute Gasteiger partial charge is 0.364 e. The molecule has 0 fully saturated rings. The van der Waals surface area contributed by atoms with Gasteiger partial charge in [0.2, 0.25) is 0 Å². The first-order valence-corrected chi connectivity index (χ1v) is 4.44. The molecule has 1 aliphatic rings. The van der Waals surface area contributed by atoms with E-state index in [1.807, 2.05) is 0 Å². The average molecular weight is 227 g/mol. The van der Waals surface area contributed by atoms with E-state index in [1.54, 1.807) is 0 Å². The summed E-state index contributed by atoms with van der Waals surface area (Å²) in [6, 6.07) is 1.66. The van der Waals surface area contributed by atoms with Gasteiger partial charge in [-0.25, -0.2) is 13.2 Å². The first-order valence-electron chi connectivity index (χ1n) is 4.44. The third-order valence-electron chi connectivity index (χ3n) is 2.22. The molecule has 1 aliphatic heterocycles. The Labute approximate surface area is 89.5 Å². The lowest BCUT2D eigenvalue weighted by Crippen LogP contribution is -2.50. The lowest BCUT2D eigenvalue weighted by atomic mass is 10.0. The van der Waals surface area contributed by atoms with Crippen LogP contribution in [0.2, 0.25) is 0 Å². The summed E-state index contributed by atoms with van der Waals surface area (Å²) in [6.07, 6.45) is 4.14. The van der Waals surface area contributed by atoms with Crippen LogP contribution in [0.3, 0.4) is 0 Å². The Morgan fingerprint density at radius 3 is 2.31 bits per heavy atom. The fourth-order valence-corrected chi connectivity index (χ4v) is 1.37. The van der Waals surface area contributed by atoms with Gasteiger partial charge in [-0.3, -0.25) is 4.99 Å². The van der Waals surface area contributed by atoms with Gasteiger partial charge in [-0.15, -0.1) is 0 Å². The molecule has 1 heterocycles. The molecule has 16 heavy (non-hydrogen) atoms. The summed E-state index contributed by atoms with van der Waals surface area (Å²) < 4.78 is 38.8. The van der Waals surface area contributed by atoms with Crippen molar-refractivity contribution in [3.05, 3.63) is 47.5 Å². The van der Waals surface area contributed by atoms with E-state index in [-0.39, 0.29) is 5.56 Å². The van der Waals surface area contributed by atoms with Crippen LogP contribution in [0, 0.1) is 17.5 Å². The summed E-state index contributed by atoms with van der Waals surface area (Å²) in [7, 11) is 0. The van der Waals surface area contributed by atoms with Crippen molar-refractivity contribution in [2.45, 2.75) is 5.66 Å². The minimum atomic E-state index is -1.52. The van der Waals surface area contributed by atoms with E-state index >= 15 is 0 Å². The van der Waals surface area contributed by atoms with Crippen LogP contribution in [0.25, 0.3) is 0 Å². The van der Waals surface area contributed by atoms with E-state index in [2.05, 4.69) is 10.3 Å². The van der Waals surface area contributed by atoms with E-state index in [1.165, 1.54) is 18.6 Å². The zero-order valence-corrected chi connectivity index (χ0v) is 8.05. The van der Waals surface area contributed by atoms with Crippen molar-refractivity contribution in [2.75, 3.05) is 0 Å². The monoisotopic (exact) mass is 227 g/mol. The van der Waals surface area contributed by atoms with Crippen molar-refractivity contribution in [1.82, 2.24) is 5.32 Å². The molecule has 0 bridgehead atoms. The molecule has 6 heteroatoms. The number of nitrogens with zero attached hydrogens (tertiary/aromatic N) is 1. The SMILES string of the molecule is NC1(c2cc(F)c(F)c(F)c2)C=NC=CN1. The number of hydrogen-bond donors (Lipinski definition) is 2. The second-order valence-electron chi connectivity index (χ2n) is 3.36. The highest BCUT2D eigenvalue weighted by atomic mass is 19.2. The molecule has 0 aliphatic carbocycles. The first-order chi connectivity index (χ1) is 7.53. The number of halogens is 3. The topological polar surface area (TPSA) is 50.4 Å². The highest BCUT2D eigenvalue weighted by Gasteiger charge is 2.27. The predicted molar refractivity (Wildman–Crippen MR) is 52.9 cm³/mol. The van der Waals surface area contributed by atoms with Crippen LogP contribution in [0.1, 0.15) is 5.56 Å². The molecule has 0 saturated carbocycles. The van der Waals surface area contributed by atoms with Crippen molar-refractivity contribution in [3.63, 3.8) is 0 Å². The molecule has 0 saturated heterocycles. The molecule has 2 rings (SSSR count). The third kappa shape index (κ3) is 1.67. The van der Waals surface area contributed by atoms with Crippen molar-refractivity contribution < 1.29 is 13.2 Å². The van der Waals surface area contributed by atoms with Crippen molar-refractivity contribution in [3.8, 4) is 0 Å². The zero-order valence-electron chi connectivity index (χ0n) is 8.05. The molecule has 0 amide bonds. The molecule has 1 atom stereocenters. The molecule has 1 unspecified atom stereocenters. The average Bonchev–Trinajstić information content (AvgIpc) is 2.26. The van der Waals surface area contributed by atoms with Crippen LogP contribution in [0.15, 0.2) is 29.5 Å². The van der Waals surface area contributed by atoms with Crippen LogP contribution >= 0.6 is 0 Å². The Bertz CT molecular complexity index is 461. The van der Waals surface area contributed by atoms with Gasteiger partial charge in [0.25, 0.3) is 0 Å². The number of nitrogens with two attached hydrogens (primary N) is 1. The van der Waals surface area contributed by atoms with Gasteiger partial charge in [0.15, 0.2) is 17.5 Å². The number of rotatable bonds is 1. The van der Waals surface area contributed by atoms with Crippen molar-refractivity contribution in [2.24, 2.45) is 10.7 Å². The maximum absolute atomic E-state index is 13.0. The molecular formula is C10H8F3N3. The highest BCUT2D eigenvalue weighted by molar-refractivity contribution is 5.73. The maximum atomic E-state index is 13.0. The van der Waals surface area contributed by atoms with Gasteiger partial charge in [-0.05, 0) is 12.1 Å². The van der Waals surface area contributed by atoms with Crippen LogP contribution < -0.4 is 11.1 Å². The fourth-order valence-electron chi connectivity index (χ4n) is 1.37. The fraction of sp³-hybridized carbons (Fsp3) is 0.100. The Hall–Kier alpha value is -1.82. The standard InChI is InChI=1S/C10H8F3N3/c11-7-3-6(4-8(12)9(7)13)10(14)5-15-1-2-16-10/h1-5,16H,14H2. The minimum Gasteiger partial charge on any atom is -0.364 e. The van der Waals surface area contributed by atoms with Gasteiger partial charge in [0.1, 0.15) is 5.66 Å². The van der Waals surface area contributed by atoms with E-state index < -0.39 is 23.1 Å². The third-order valence-corrected chi connectivity index (χ3v) is 2.22. The van der Waals surface area contributed by atoms with Gasteiger partial charge < -0.3 is 11.1 Å². The van der Waals surface area contributed by atoms with Gasteiger partial charge in [0.05, 0.1) is 0 Å². The highest BCUT2D eigenvalue weighted by Crippen LogP contribution is 2.20. The Balaban J connectivity index is 2.49. The molecule has 3 N–H and O–H groups in total. The van der Waals surface area contributed by atoms with E-state index in [0.29, 0.717) is 0 Å². The smallest absolute Gasteiger partial charge is 0.194 e. The van der Waals surface area contributed by atoms with Gasteiger partial charge in [0, 0.05) is 24.2 Å². The number of aliphatic imine (C=N–C) groups is 1. The van der Waals surface area contributed by atoms with Crippen LogP contribution in [0.5, 0.6) is 0 Å². The maximum Gasteiger partial charge on any atom is 0.194 e. The van der Waals surface area contributed by atoms with Crippen LogP contribution in [-0.4, -0.2) is 6.21 Å². The summed E-state index contributed by atoms with van der Waals surface area (Å²) in [4.78, 5) is 3.76. The Kier molecular flexibility index (Phi) is 2.43. The van der Waals surface area contributed by atoms with Gasteiger partial charge in [-0.1, -0.05) is 0 Å². The molecule has 0 spiro atoms. The normalized spacial score (nSPS) is 23.2. The number of nitrogens with one attached hydrogen (secondary N) is 1. The lowest BCUT2D eigenvalue weighted by molar-refractivity contribution is 0.437. The van der Waals surface area contributed by atoms with Crippen LogP contribution in [0.4, 0.5) is 13.2 Å². The second kappa shape index (κ2) is 3.64. The molecule has 0 aromatic heterocycles.